The van der Waals surface area contributed by atoms with E-state index < -0.39 is 7.82 Å². The Morgan fingerprint density at radius 2 is 1.47 bits per heavy atom. The van der Waals surface area contributed by atoms with E-state index >= 15 is 0 Å². The lowest BCUT2D eigenvalue weighted by molar-refractivity contribution is -0.897. The Morgan fingerprint density at radius 3 is 1.65 bits per heavy atom. The molecule has 1 fully saturated rings. The summed E-state index contributed by atoms with van der Waals surface area (Å²) >= 11 is 0. The smallest absolute Gasteiger partial charge is 0.328 e. The molecular formula is C11H27NO4P+. The summed E-state index contributed by atoms with van der Waals surface area (Å²) in [6.07, 6.45) is 7.28. The zero-order chi connectivity index (χ0) is 13.5. The molecule has 0 saturated heterocycles. The first kappa shape index (κ1) is 17.1. The van der Waals surface area contributed by atoms with Gasteiger partial charge in [0.05, 0.1) is 27.2 Å². The number of hydrogen-bond donors (Lipinski definition) is 1. The van der Waals surface area contributed by atoms with Crippen molar-refractivity contribution in [2.24, 2.45) is 0 Å². The Bertz CT molecular complexity index is 238. The van der Waals surface area contributed by atoms with Crippen molar-refractivity contribution < 1.29 is 23.0 Å². The molecule has 104 valence electrons. The van der Waals surface area contributed by atoms with Crippen molar-refractivity contribution in [3.63, 3.8) is 0 Å². The van der Waals surface area contributed by atoms with Gasteiger partial charge in [-0.15, -0.1) is 0 Å². The van der Waals surface area contributed by atoms with E-state index in [0.717, 1.165) is 20.3 Å². The number of rotatable bonds is 3. The molecule has 17 heavy (non-hydrogen) atoms. The SMILES string of the molecule is COP(=O)(O)OC.C[N+](C)(C)C1CCCCC1. The molecule has 0 aromatic heterocycles. The third-order valence-electron chi connectivity index (χ3n) is 3.13. The van der Waals surface area contributed by atoms with Crippen molar-refractivity contribution in [2.75, 3.05) is 35.4 Å². The summed E-state index contributed by atoms with van der Waals surface area (Å²) in [4.78, 5) is 8.24. The van der Waals surface area contributed by atoms with E-state index in [2.05, 4.69) is 30.2 Å². The second-order valence-corrected chi connectivity index (χ2v) is 6.91. The Labute approximate surface area is 105 Å². The molecule has 0 amide bonds. The third-order valence-corrected chi connectivity index (χ3v) is 4.05. The molecule has 0 aromatic rings. The highest BCUT2D eigenvalue weighted by atomic mass is 31.2. The lowest BCUT2D eigenvalue weighted by atomic mass is 9.94. The fourth-order valence-corrected chi connectivity index (χ4v) is 2.08. The maximum absolute atomic E-state index is 10.1. The van der Waals surface area contributed by atoms with Crippen LogP contribution >= 0.6 is 7.82 Å². The minimum absolute atomic E-state index is 0.939. The van der Waals surface area contributed by atoms with Gasteiger partial charge < -0.3 is 9.38 Å². The first-order valence-corrected chi connectivity index (χ1v) is 7.48. The monoisotopic (exact) mass is 268 g/mol. The quantitative estimate of drug-likeness (QED) is 0.631. The topological polar surface area (TPSA) is 55.8 Å². The van der Waals surface area contributed by atoms with Crippen molar-refractivity contribution >= 4 is 7.82 Å². The van der Waals surface area contributed by atoms with Gasteiger partial charge in [-0.3, -0.25) is 9.05 Å². The van der Waals surface area contributed by atoms with Crippen LogP contribution in [0.2, 0.25) is 0 Å². The molecule has 0 aliphatic heterocycles. The number of phosphoric acid groups is 1. The van der Waals surface area contributed by atoms with Crippen LogP contribution in [0.15, 0.2) is 0 Å². The standard InChI is InChI=1S/C9H20N.C2H7O4P/c1-10(2,3)9-7-5-4-6-8-9;1-5-7(3,4)6-2/h9H,4-8H2,1-3H3;1-2H3,(H,3,4)/q+1;. The summed E-state index contributed by atoms with van der Waals surface area (Å²) in [7, 11) is 5.49. The highest BCUT2D eigenvalue weighted by Crippen LogP contribution is 2.40. The third kappa shape index (κ3) is 7.90. The zero-order valence-electron chi connectivity index (χ0n) is 11.7. The molecule has 6 heteroatoms. The van der Waals surface area contributed by atoms with Gasteiger partial charge in [-0.2, -0.15) is 0 Å². The molecule has 1 aliphatic carbocycles. The average Bonchev–Trinajstić information content (AvgIpc) is 2.30. The number of phosphoric ester groups is 1. The number of quaternary nitrogens is 1. The summed E-state index contributed by atoms with van der Waals surface area (Å²) in [5, 5.41) is 0. The van der Waals surface area contributed by atoms with E-state index in [4.69, 9.17) is 4.89 Å². The van der Waals surface area contributed by atoms with E-state index in [0.29, 0.717) is 0 Å². The summed E-state index contributed by atoms with van der Waals surface area (Å²) in [5.74, 6) is 0. The molecule has 0 atom stereocenters. The van der Waals surface area contributed by atoms with Crippen LogP contribution in [-0.4, -0.2) is 50.8 Å². The van der Waals surface area contributed by atoms with Gasteiger partial charge in [-0.25, -0.2) is 4.57 Å². The predicted octanol–water partition coefficient (Wildman–Crippen LogP) is 2.40. The van der Waals surface area contributed by atoms with Crippen LogP contribution < -0.4 is 0 Å². The molecule has 5 nitrogen and oxygen atoms in total. The molecule has 0 heterocycles. The Kier molecular flexibility index (Phi) is 7.52. The van der Waals surface area contributed by atoms with Crippen LogP contribution in [0, 0.1) is 0 Å². The van der Waals surface area contributed by atoms with E-state index in [9.17, 15) is 4.57 Å². The van der Waals surface area contributed by atoms with Crippen LogP contribution in [0.1, 0.15) is 32.1 Å². The first-order chi connectivity index (χ1) is 7.73. The Balaban J connectivity index is 0.000000325. The highest BCUT2D eigenvalue weighted by molar-refractivity contribution is 7.47. The number of nitrogens with zero attached hydrogens (tertiary/aromatic N) is 1. The van der Waals surface area contributed by atoms with Gasteiger partial charge in [-0.1, -0.05) is 6.42 Å². The predicted molar refractivity (Wildman–Crippen MR) is 68.7 cm³/mol. The molecule has 0 spiro atoms. The number of hydrogen-bond acceptors (Lipinski definition) is 3. The van der Waals surface area contributed by atoms with Crippen molar-refractivity contribution in [3.05, 3.63) is 0 Å². The maximum Gasteiger partial charge on any atom is 0.471 e. The summed E-state index contributed by atoms with van der Waals surface area (Å²) in [5.41, 5.74) is 0. The second kappa shape index (κ2) is 7.49. The van der Waals surface area contributed by atoms with Gasteiger partial charge in [-0.05, 0) is 25.7 Å². The summed E-state index contributed by atoms with van der Waals surface area (Å²) in [6, 6.07) is 0.939. The first-order valence-electron chi connectivity index (χ1n) is 5.98. The van der Waals surface area contributed by atoms with Gasteiger partial charge in [0.15, 0.2) is 0 Å². The van der Waals surface area contributed by atoms with Gasteiger partial charge in [0, 0.05) is 14.2 Å². The Hall–Kier alpha value is 0.0700. The van der Waals surface area contributed by atoms with E-state index in [-0.39, 0.29) is 0 Å². The fourth-order valence-electron chi connectivity index (χ4n) is 1.93. The van der Waals surface area contributed by atoms with Gasteiger partial charge in [0.2, 0.25) is 0 Å². The van der Waals surface area contributed by atoms with Crippen LogP contribution in [0.25, 0.3) is 0 Å². The normalized spacial score (nSPS) is 18.5. The van der Waals surface area contributed by atoms with Crippen molar-refractivity contribution in [1.29, 1.82) is 0 Å². The largest absolute Gasteiger partial charge is 0.471 e. The fraction of sp³-hybridized carbons (Fsp3) is 1.00. The van der Waals surface area contributed by atoms with Gasteiger partial charge >= 0.3 is 7.82 Å². The molecule has 0 aromatic carbocycles. The minimum atomic E-state index is -3.65. The molecule has 0 radical (unpaired) electrons. The molecule has 1 N–H and O–H groups in total. The van der Waals surface area contributed by atoms with Crippen molar-refractivity contribution in [2.45, 2.75) is 38.1 Å². The molecule has 0 unspecified atom stereocenters. The summed E-state index contributed by atoms with van der Waals surface area (Å²) < 4.78 is 19.2. The molecule has 1 aliphatic rings. The highest BCUT2D eigenvalue weighted by Gasteiger charge is 2.24. The van der Waals surface area contributed by atoms with E-state index in [1.54, 1.807) is 0 Å². The molecule has 1 rings (SSSR count). The summed E-state index contributed by atoms with van der Waals surface area (Å²) in [6.45, 7) is 0. The zero-order valence-corrected chi connectivity index (χ0v) is 12.6. The lowest BCUT2D eigenvalue weighted by Crippen LogP contribution is -2.45. The Morgan fingerprint density at radius 1 is 1.06 bits per heavy atom. The van der Waals surface area contributed by atoms with Gasteiger partial charge in [0.1, 0.15) is 0 Å². The average molecular weight is 268 g/mol. The van der Waals surface area contributed by atoms with Crippen LogP contribution in [0.3, 0.4) is 0 Å². The van der Waals surface area contributed by atoms with E-state index in [1.165, 1.54) is 36.6 Å². The molecular weight excluding hydrogens is 241 g/mol. The molecule has 0 bridgehead atoms. The minimum Gasteiger partial charge on any atom is -0.328 e. The van der Waals surface area contributed by atoms with Gasteiger partial charge in [0.25, 0.3) is 0 Å². The lowest BCUT2D eigenvalue weighted by Gasteiger charge is -2.36. The van der Waals surface area contributed by atoms with Crippen LogP contribution in [0.5, 0.6) is 0 Å². The second-order valence-electron chi connectivity index (χ2n) is 5.24. The van der Waals surface area contributed by atoms with Crippen molar-refractivity contribution in [3.8, 4) is 0 Å². The molecule has 1 saturated carbocycles. The van der Waals surface area contributed by atoms with Crippen LogP contribution in [0.4, 0.5) is 0 Å². The maximum atomic E-state index is 10.1. The van der Waals surface area contributed by atoms with E-state index in [1.807, 2.05) is 0 Å². The van der Waals surface area contributed by atoms with Crippen molar-refractivity contribution in [1.82, 2.24) is 0 Å². The van der Waals surface area contributed by atoms with Crippen LogP contribution in [-0.2, 0) is 13.6 Å².